The van der Waals surface area contributed by atoms with Crippen LogP contribution in [0, 0.1) is 17.8 Å². The molecular formula is C90H176O17P2. The standard InChI is InChI=1S/C90H176O17P2/c1-8-10-11-12-13-14-33-43-50-57-64-71-87(92)100-77-85(107-90(95)74-67-60-53-46-39-32-31-35-41-48-55-62-69-82(5)6)79-104-108(96,97)102-75-84(91)76-103-109(98,99)105-80-86(78-101-88(93)72-65-58-51-44-37-29-25-21-17-15-19-23-27-34-40-47-54-61-68-81(3)4)106-89(94)73-66-59-52-45-38-30-26-22-18-16-20-24-28-36-42-49-56-63-70-83(7)9-2/h81-86,91H,8-80H2,1-7H3,(H,96,97)(H,98,99)/t83?,84-,85+,86+/m0/s1. The fourth-order valence-corrected chi connectivity index (χ4v) is 15.6. The first-order chi connectivity index (χ1) is 52.8. The maximum absolute atomic E-state index is 13.2. The number of carbonyl (C=O) groups is 4. The third kappa shape index (κ3) is 82.4. The number of ether oxygens (including phenoxy) is 4. The minimum absolute atomic E-state index is 0.107. The summed E-state index contributed by atoms with van der Waals surface area (Å²) in [6.07, 6.45) is 72.2. The Hall–Kier alpha value is -1.94. The molecule has 0 bridgehead atoms. The summed E-state index contributed by atoms with van der Waals surface area (Å²) in [6.45, 7) is 12.1. The van der Waals surface area contributed by atoms with Gasteiger partial charge < -0.3 is 33.8 Å². The van der Waals surface area contributed by atoms with Crippen LogP contribution >= 0.6 is 15.6 Å². The molecule has 0 aliphatic heterocycles. The molecule has 0 spiro atoms. The number of carbonyl (C=O) groups excluding carboxylic acids is 4. The predicted molar refractivity (Wildman–Crippen MR) is 451 cm³/mol. The fourth-order valence-electron chi connectivity index (χ4n) is 14.0. The van der Waals surface area contributed by atoms with Crippen LogP contribution in [0.2, 0.25) is 0 Å². The number of aliphatic hydroxyl groups excluding tert-OH is 1. The van der Waals surface area contributed by atoms with E-state index in [1.807, 2.05) is 0 Å². The molecule has 3 N–H and O–H groups in total. The lowest BCUT2D eigenvalue weighted by Crippen LogP contribution is -2.30. The molecule has 17 nitrogen and oxygen atoms in total. The highest BCUT2D eigenvalue weighted by molar-refractivity contribution is 7.47. The maximum atomic E-state index is 13.2. The number of phosphoric acid groups is 2. The largest absolute Gasteiger partial charge is 0.472 e. The highest BCUT2D eigenvalue weighted by Gasteiger charge is 2.31. The van der Waals surface area contributed by atoms with Crippen LogP contribution < -0.4 is 0 Å². The van der Waals surface area contributed by atoms with Gasteiger partial charge in [-0.15, -0.1) is 0 Å². The summed E-state index contributed by atoms with van der Waals surface area (Å²) in [6, 6.07) is 0. The van der Waals surface area contributed by atoms with Gasteiger partial charge in [-0.05, 0) is 43.4 Å². The molecule has 0 aliphatic carbocycles. The molecule has 0 saturated heterocycles. The van der Waals surface area contributed by atoms with E-state index >= 15 is 0 Å². The molecule has 3 unspecified atom stereocenters. The molecule has 0 aromatic carbocycles. The first-order valence-electron chi connectivity index (χ1n) is 46.4. The molecule has 0 fully saturated rings. The molecule has 0 aromatic heterocycles. The molecule has 0 heterocycles. The monoisotopic (exact) mass is 1590 g/mol. The van der Waals surface area contributed by atoms with Crippen molar-refractivity contribution in [1.82, 2.24) is 0 Å². The van der Waals surface area contributed by atoms with Crippen LogP contribution in [0.3, 0.4) is 0 Å². The van der Waals surface area contributed by atoms with Crippen molar-refractivity contribution >= 4 is 39.5 Å². The van der Waals surface area contributed by atoms with Gasteiger partial charge in [0.25, 0.3) is 0 Å². The number of rotatable bonds is 88. The molecule has 0 rings (SSSR count). The van der Waals surface area contributed by atoms with Crippen molar-refractivity contribution in [1.29, 1.82) is 0 Å². The van der Waals surface area contributed by atoms with Gasteiger partial charge in [-0.2, -0.15) is 0 Å². The van der Waals surface area contributed by atoms with Crippen LogP contribution in [0.25, 0.3) is 0 Å². The summed E-state index contributed by atoms with van der Waals surface area (Å²) < 4.78 is 69.0. The zero-order valence-corrected chi connectivity index (χ0v) is 73.8. The molecule has 0 amide bonds. The number of hydrogen-bond acceptors (Lipinski definition) is 15. The van der Waals surface area contributed by atoms with Crippen LogP contribution in [-0.4, -0.2) is 96.7 Å². The third-order valence-electron chi connectivity index (χ3n) is 21.5. The Morgan fingerprint density at radius 1 is 0.266 bits per heavy atom. The van der Waals surface area contributed by atoms with Gasteiger partial charge in [0.15, 0.2) is 12.2 Å². The van der Waals surface area contributed by atoms with Crippen molar-refractivity contribution in [2.24, 2.45) is 17.8 Å². The van der Waals surface area contributed by atoms with Gasteiger partial charge in [0.05, 0.1) is 26.4 Å². The fraction of sp³-hybridized carbons (Fsp3) is 0.956. The van der Waals surface area contributed by atoms with Crippen LogP contribution in [0.15, 0.2) is 0 Å². The van der Waals surface area contributed by atoms with E-state index < -0.39 is 97.5 Å². The second-order valence-electron chi connectivity index (χ2n) is 33.5. The Labute approximate surface area is 670 Å². The summed E-state index contributed by atoms with van der Waals surface area (Å²) in [5, 5.41) is 10.7. The lowest BCUT2D eigenvalue weighted by Gasteiger charge is -2.21. The third-order valence-corrected chi connectivity index (χ3v) is 23.4. The maximum Gasteiger partial charge on any atom is 0.472 e. The van der Waals surface area contributed by atoms with Crippen LogP contribution in [-0.2, 0) is 65.4 Å². The topological polar surface area (TPSA) is 237 Å². The van der Waals surface area contributed by atoms with E-state index in [1.54, 1.807) is 0 Å². The number of aliphatic hydroxyl groups is 1. The molecule has 6 atom stereocenters. The van der Waals surface area contributed by atoms with E-state index in [9.17, 15) is 43.2 Å². The van der Waals surface area contributed by atoms with Gasteiger partial charge in [0, 0.05) is 25.7 Å². The molecule has 19 heteroatoms. The molecule has 0 saturated carbocycles. The van der Waals surface area contributed by atoms with E-state index in [0.29, 0.717) is 25.7 Å². The van der Waals surface area contributed by atoms with Crippen molar-refractivity contribution in [2.75, 3.05) is 39.6 Å². The summed E-state index contributed by atoms with van der Waals surface area (Å²) >= 11 is 0. The first-order valence-corrected chi connectivity index (χ1v) is 49.4. The van der Waals surface area contributed by atoms with Crippen LogP contribution in [0.1, 0.15) is 479 Å². The molecule has 0 aliphatic rings. The Morgan fingerprint density at radius 3 is 0.697 bits per heavy atom. The van der Waals surface area contributed by atoms with E-state index in [-0.39, 0.29) is 25.7 Å². The van der Waals surface area contributed by atoms with Crippen molar-refractivity contribution in [3.05, 3.63) is 0 Å². The number of esters is 4. The number of hydrogen-bond donors (Lipinski definition) is 3. The average molecular weight is 1590 g/mol. The van der Waals surface area contributed by atoms with Crippen molar-refractivity contribution in [3.8, 4) is 0 Å². The van der Waals surface area contributed by atoms with Crippen LogP contribution in [0.4, 0.5) is 0 Å². The van der Waals surface area contributed by atoms with Gasteiger partial charge in [-0.25, -0.2) is 9.13 Å². The van der Waals surface area contributed by atoms with Crippen molar-refractivity contribution in [3.63, 3.8) is 0 Å². The SMILES string of the molecule is CCCCCCCCCCCCCC(=O)OC[C@H](COP(=O)(O)OC[C@H](O)COP(=O)(O)OC[C@@H](COC(=O)CCCCCCCCCCCCCCCCCCCCC(C)C)OC(=O)CCCCCCCCCCCCCCCCCCCCC(C)CC)OC(=O)CCCCCCCCCCCCCCC(C)C. The minimum Gasteiger partial charge on any atom is -0.462 e. The Bertz CT molecular complexity index is 2100. The van der Waals surface area contributed by atoms with Gasteiger partial charge in [0.2, 0.25) is 0 Å². The summed E-state index contributed by atoms with van der Waals surface area (Å²) in [5.41, 5.74) is 0. The Kier molecular flexibility index (Phi) is 78.5. The molecular weight excluding hydrogens is 1410 g/mol. The van der Waals surface area contributed by atoms with E-state index in [2.05, 4.69) is 48.5 Å². The zero-order chi connectivity index (χ0) is 80.0. The predicted octanol–water partition coefficient (Wildman–Crippen LogP) is 27.6. The van der Waals surface area contributed by atoms with Crippen molar-refractivity contribution in [2.45, 2.75) is 497 Å². The first kappa shape index (κ1) is 107. The zero-order valence-electron chi connectivity index (χ0n) is 72.0. The van der Waals surface area contributed by atoms with Gasteiger partial charge in [-0.3, -0.25) is 37.3 Å². The van der Waals surface area contributed by atoms with Gasteiger partial charge in [-0.1, -0.05) is 427 Å². The second-order valence-corrected chi connectivity index (χ2v) is 36.4. The molecule has 0 aromatic rings. The normalized spacial score (nSPS) is 14.1. The quantitative estimate of drug-likeness (QED) is 0.0222. The lowest BCUT2D eigenvalue weighted by atomic mass is 9.99. The summed E-state index contributed by atoms with van der Waals surface area (Å²) in [7, 11) is -9.93. The van der Waals surface area contributed by atoms with E-state index in [0.717, 1.165) is 108 Å². The Morgan fingerprint density at radius 2 is 0.468 bits per heavy atom. The number of unbranched alkanes of at least 4 members (excludes halogenated alkanes) is 55. The highest BCUT2D eigenvalue weighted by Crippen LogP contribution is 2.45. The van der Waals surface area contributed by atoms with Crippen molar-refractivity contribution < 1.29 is 80.2 Å². The molecule has 0 radical (unpaired) electrons. The van der Waals surface area contributed by atoms with E-state index in [1.165, 1.54) is 289 Å². The summed E-state index contributed by atoms with van der Waals surface area (Å²) in [4.78, 5) is 73.3. The van der Waals surface area contributed by atoms with Gasteiger partial charge in [0.1, 0.15) is 19.3 Å². The lowest BCUT2D eigenvalue weighted by molar-refractivity contribution is -0.161. The highest BCUT2D eigenvalue weighted by atomic mass is 31.2. The smallest absolute Gasteiger partial charge is 0.462 e. The van der Waals surface area contributed by atoms with Crippen LogP contribution in [0.5, 0.6) is 0 Å². The Balaban J connectivity index is 5.23. The van der Waals surface area contributed by atoms with E-state index in [4.69, 9.17) is 37.0 Å². The summed E-state index contributed by atoms with van der Waals surface area (Å²) in [5.74, 6) is 0.372. The molecule has 109 heavy (non-hydrogen) atoms. The second kappa shape index (κ2) is 79.9. The minimum atomic E-state index is -4.97. The molecule has 648 valence electrons. The number of phosphoric ester groups is 2. The average Bonchev–Trinajstić information content (AvgIpc) is 0.899. The van der Waals surface area contributed by atoms with Gasteiger partial charge >= 0.3 is 39.5 Å².